The molecule has 0 N–H and O–H groups in total. The molecule has 0 spiro atoms. The number of nitrogens with zero attached hydrogens (tertiary/aromatic N) is 4. The summed E-state index contributed by atoms with van der Waals surface area (Å²) >= 11 is 0. The summed E-state index contributed by atoms with van der Waals surface area (Å²) in [4.78, 5) is 0. The molecule has 2 aromatic heterocycles. The first-order valence-corrected chi connectivity index (χ1v) is 28.4. The third-order valence-corrected chi connectivity index (χ3v) is 16.7. The van der Waals surface area contributed by atoms with Crippen LogP contribution in [0.1, 0.15) is 61.2 Å². The smallest absolute Gasteiger partial charge is 0.308 e. The standard InChI is InChI=1S/C71H32F24N4/c1-33-20-40(64(72,73)74)6-11-45(33)35-2-16-57-50(24-35)51-25-36(46-12-7-42(66(78,79)80)28-54(46)69(87,88)89)3-17-58(51)98(57)61-21-34(31-96)22-62(63(61)49-15-10-41(65(75,76)77)23-39(49)32-97)99-59-18-4-37(47-13-8-43(67(81,82)83)29-55(47)70(90,91)92)26-52(59)53-27-38(5-19-60(53)99)48-14-9-44(68(84,85)86)30-56(48)71(93,94)95/h2-30H,1H3. The van der Waals surface area contributed by atoms with Crippen LogP contribution in [0.2, 0.25) is 0 Å². The first kappa shape index (κ1) is 68.1. The fraction of sp³-hybridized carbons (Fsp3) is 0.127. The highest BCUT2D eigenvalue weighted by Gasteiger charge is 2.43. The van der Waals surface area contributed by atoms with E-state index in [0.29, 0.717) is 48.5 Å². The van der Waals surface area contributed by atoms with E-state index in [1.54, 1.807) is 6.07 Å². The third-order valence-electron chi connectivity index (χ3n) is 16.7. The predicted molar refractivity (Wildman–Crippen MR) is 316 cm³/mol. The van der Waals surface area contributed by atoms with Crippen molar-refractivity contribution in [2.45, 2.75) is 56.3 Å². The van der Waals surface area contributed by atoms with Crippen LogP contribution in [0.4, 0.5) is 105 Å². The van der Waals surface area contributed by atoms with Gasteiger partial charge in [0.05, 0.1) is 101 Å². The maximum Gasteiger partial charge on any atom is 0.417 e. The highest BCUT2D eigenvalue weighted by molar-refractivity contribution is 6.15. The van der Waals surface area contributed by atoms with Crippen molar-refractivity contribution in [1.29, 1.82) is 10.5 Å². The molecule has 0 aliphatic carbocycles. The van der Waals surface area contributed by atoms with Gasteiger partial charge in [0.2, 0.25) is 0 Å². The van der Waals surface area contributed by atoms with Gasteiger partial charge in [0.25, 0.3) is 0 Å². The Hall–Kier alpha value is -10.9. The van der Waals surface area contributed by atoms with Gasteiger partial charge in [-0.25, -0.2) is 0 Å². The van der Waals surface area contributed by atoms with E-state index in [4.69, 9.17) is 0 Å². The lowest BCUT2D eigenvalue weighted by atomic mass is 9.93. The topological polar surface area (TPSA) is 57.4 Å². The average molecular weight is 1400 g/mol. The molecule has 10 aromatic carbocycles. The molecule has 0 aliphatic rings. The minimum Gasteiger partial charge on any atom is -0.308 e. The first-order valence-electron chi connectivity index (χ1n) is 28.4. The van der Waals surface area contributed by atoms with E-state index in [-0.39, 0.29) is 95.4 Å². The van der Waals surface area contributed by atoms with Crippen LogP contribution in [0.25, 0.3) is 111 Å². The molecule has 0 atom stereocenters. The van der Waals surface area contributed by atoms with Crippen molar-refractivity contribution in [2.24, 2.45) is 0 Å². The fourth-order valence-corrected chi connectivity index (χ4v) is 12.4. The Morgan fingerprint density at radius 2 is 0.545 bits per heavy atom. The molecule has 0 saturated heterocycles. The molecule has 0 amide bonds. The van der Waals surface area contributed by atoms with Crippen molar-refractivity contribution in [3.8, 4) is 79.1 Å². The van der Waals surface area contributed by atoms with Crippen molar-refractivity contribution in [3.05, 3.63) is 237 Å². The Bertz CT molecular complexity index is 5280. The molecule has 12 rings (SSSR count). The summed E-state index contributed by atoms with van der Waals surface area (Å²) in [7, 11) is 0. The molecule has 0 bridgehead atoms. The number of benzene rings is 10. The largest absolute Gasteiger partial charge is 0.417 e. The van der Waals surface area contributed by atoms with Gasteiger partial charge in [0, 0.05) is 32.7 Å². The zero-order valence-corrected chi connectivity index (χ0v) is 49.1. The fourth-order valence-electron chi connectivity index (χ4n) is 12.4. The Morgan fingerprint density at radius 1 is 0.273 bits per heavy atom. The van der Waals surface area contributed by atoms with Gasteiger partial charge >= 0.3 is 49.4 Å². The Kier molecular flexibility index (Phi) is 15.9. The Balaban J connectivity index is 1.24. The van der Waals surface area contributed by atoms with E-state index in [2.05, 4.69) is 0 Å². The van der Waals surface area contributed by atoms with E-state index in [1.165, 1.54) is 34.3 Å². The summed E-state index contributed by atoms with van der Waals surface area (Å²) in [5.41, 5.74) is -20.4. The summed E-state index contributed by atoms with van der Waals surface area (Å²) < 4.78 is 349. The second kappa shape index (κ2) is 23.1. The van der Waals surface area contributed by atoms with Gasteiger partial charge in [0.15, 0.2) is 0 Å². The van der Waals surface area contributed by atoms with Crippen molar-refractivity contribution in [1.82, 2.24) is 9.13 Å². The minimum atomic E-state index is -5.53. The number of alkyl halides is 24. The van der Waals surface area contributed by atoms with Gasteiger partial charge in [-0.3, -0.25) is 0 Å². The number of aromatic nitrogens is 2. The van der Waals surface area contributed by atoms with Crippen LogP contribution in [0.5, 0.6) is 0 Å². The van der Waals surface area contributed by atoms with Gasteiger partial charge in [-0.1, -0.05) is 54.6 Å². The highest BCUT2D eigenvalue weighted by Crippen LogP contribution is 2.51. The van der Waals surface area contributed by atoms with E-state index in [1.807, 2.05) is 6.07 Å². The minimum absolute atomic E-state index is 0.0215. The second-order valence-corrected chi connectivity index (χ2v) is 22.8. The van der Waals surface area contributed by atoms with Crippen LogP contribution in [0.3, 0.4) is 0 Å². The van der Waals surface area contributed by atoms with Crippen LogP contribution >= 0.6 is 0 Å². The molecular weight excluding hydrogens is 1360 g/mol. The van der Waals surface area contributed by atoms with Gasteiger partial charge < -0.3 is 9.13 Å². The van der Waals surface area contributed by atoms with Crippen molar-refractivity contribution >= 4 is 43.6 Å². The molecule has 2 heterocycles. The third kappa shape index (κ3) is 12.3. The van der Waals surface area contributed by atoms with Crippen LogP contribution in [0, 0.1) is 29.6 Å². The zero-order valence-electron chi connectivity index (χ0n) is 49.1. The quantitative estimate of drug-likeness (QED) is 0.149. The summed E-state index contributed by atoms with van der Waals surface area (Å²) in [6.07, 6.45) is -42.5. The maximum atomic E-state index is 15.0. The van der Waals surface area contributed by atoms with E-state index < -0.39 is 144 Å². The number of aryl methyl sites for hydroxylation is 1. The van der Waals surface area contributed by atoms with Gasteiger partial charge in [-0.15, -0.1) is 0 Å². The number of rotatable bonds is 7. The monoisotopic (exact) mass is 1400 g/mol. The molecule has 4 nitrogen and oxygen atoms in total. The van der Waals surface area contributed by atoms with Crippen molar-refractivity contribution in [2.75, 3.05) is 0 Å². The number of hydrogen-bond donors (Lipinski definition) is 0. The van der Waals surface area contributed by atoms with Gasteiger partial charge in [0.1, 0.15) is 0 Å². The first-order chi connectivity index (χ1) is 45.9. The molecule has 99 heavy (non-hydrogen) atoms. The SMILES string of the molecule is Cc1cc(C(F)(F)F)ccc1-c1ccc2c(c1)c1cc(-c3ccc(C(F)(F)F)cc3C(F)(F)F)ccc1n2-c1cc(C#N)cc(-n2c3ccc(-c4ccc(C(F)(F)F)cc4C(F)(F)F)cc3c3cc(-c4ccc(C(F)(F)F)cc4C(F)(F)F)ccc32)c1-c1ccc(C(F)(F)F)cc1C#N. The number of hydrogen-bond acceptors (Lipinski definition) is 2. The second-order valence-electron chi connectivity index (χ2n) is 22.8. The number of fused-ring (bicyclic) bond motifs is 6. The maximum absolute atomic E-state index is 15.0. The van der Waals surface area contributed by atoms with Crippen molar-refractivity contribution < 1.29 is 105 Å². The predicted octanol–water partition coefficient (Wildman–Crippen LogP) is 24.4. The summed E-state index contributed by atoms with van der Waals surface area (Å²) in [6, 6.07) is 25.5. The molecule has 0 saturated carbocycles. The zero-order chi connectivity index (χ0) is 72.0. The average Bonchev–Trinajstić information content (AvgIpc) is 1.51. The molecule has 28 heteroatoms. The molecular formula is C71H32F24N4. The van der Waals surface area contributed by atoms with Gasteiger partial charge in [-0.2, -0.15) is 116 Å². The Morgan fingerprint density at radius 3 is 0.818 bits per heavy atom. The van der Waals surface area contributed by atoms with Crippen LogP contribution in [-0.2, 0) is 49.4 Å². The van der Waals surface area contributed by atoms with Crippen LogP contribution in [0.15, 0.2) is 176 Å². The molecule has 0 fully saturated rings. The number of halogens is 24. The molecule has 12 aromatic rings. The molecule has 0 unspecified atom stereocenters. The molecule has 0 aliphatic heterocycles. The van der Waals surface area contributed by atoms with E-state index in [0.717, 1.165) is 91.0 Å². The molecule has 0 radical (unpaired) electrons. The van der Waals surface area contributed by atoms with E-state index in [9.17, 15) is 116 Å². The van der Waals surface area contributed by atoms with E-state index >= 15 is 0 Å². The molecule has 504 valence electrons. The van der Waals surface area contributed by atoms with Crippen LogP contribution in [-0.4, -0.2) is 9.13 Å². The lowest BCUT2D eigenvalue weighted by Gasteiger charge is -2.22. The van der Waals surface area contributed by atoms with Crippen LogP contribution < -0.4 is 0 Å². The summed E-state index contributed by atoms with van der Waals surface area (Å²) in [6.45, 7) is 1.32. The summed E-state index contributed by atoms with van der Waals surface area (Å²) in [5, 5.41) is 21.2. The number of nitriles is 2. The normalized spacial score (nSPS) is 13.1. The van der Waals surface area contributed by atoms with Crippen molar-refractivity contribution in [3.63, 3.8) is 0 Å². The highest BCUT2D eigenvalue weighted by atomic mass is 19.4. The lowest BCUT2D eigenvalue weighted by molar-refractivity contribution is -0.144. The Labute approximate surface area is 539 Å². The van der Waals surface area contributed by atoms with Gasteiger partial charge in [-0.05, 0) is 178 Å². The lowest BCUT2D eigenvalue weighted by Crippen LogP contribution is -2.12. The summed E-state index contributed by atoms with van der Waals surface area (Å²) in [5.74, 6) is 0.